The lowest BCUT2D eigenvalue weighted by atomic mass is 9.98. The van der Waals surface area contributed by atoms with Gasteiger partial charge in [-0.25, -0.2) is 0 Å². The Labute approximate surface area is 85.8 Å². The number of carbonyl (C=O) groups excluding carboxylic acids is 1. The fourth-order valence-electron chi connectivity index (χ4n) is 1.88. The van der Waals surface area contributed by atoms with Crippen LogP contribution in [-0.4, -0.2) is 43.5 Å². The van der Waals surface area contributed by atoms with E-state index in [1.807, 2.05) is 6.92 Å². The summed E-state index contributed by atoms with van der Waals surface area (Å²) in [6, 6.07) is -0.206. The van der Waals surface area contributed by atoms with Crippen LogP contribution in [0.3, 0.4) is 0 Å². The summed E-state index contributed by atoms with van der Waals surface area (Å²) < 4.78 is 0. The molecule has 1 aliphatic heterocycles. The molecular formula is C10H21N3O. The van der Waals surface area contributed by atoms with Crippen LogP contribution in [0.15, 0.2) is 0 Å². The molecular weight excluding hydrogens is 178 g/mol. The molecule has 2 unspecified atom stereocenters. The van der Waals surface area contributed by atoms with Gasteiger partial charge in [0.2, 0.25) is 5.91 Å². The second-order valence-electron chi connectivity index (χ2n) is 4.30. The lowest BCUT2D eigenvalue weighted by molar-refractivity contribution is -0.119. The molecule has 0 aromatic carbocycles. The van der Waals surface area contributed by atoms with E-state index in [4.69, 9.17) is 5.73 Å². The molecule has 82 valence electrons. The van der Waals surface area contributed by atoms with Crippen molar-refractivity contribution in [3.05, 3.63) is 0 Å². The molecule has 3 N–H and O–H groups in total. The average molecular weight is 199 g/mol. The number of primary amides is 1. The summed E-state index contributed by atoms with van der Waals surface area (Å²) in [5.41, 5.74) is 5.17. The zero-order valence-corrected chi connectivity index (χ0v) is 9.12. The summed E-state index contributed by atoms with van der Waals surface area (Å²) in [7, 11) is 2.14. The van der Waals surface area contributed by atoms with Gasteiger partial charge < -0.3 is 16.0 Å². The van der Waals surface area contributed by atoms with E-state index in [1.54, 1.807) is 0 Å². The van der Waals surface area contributed by atoms with Crippen LogP contribution in [-0.2, 0) is 4.79 Å². The van der Waals surface area contributed by atoms with Gasteiger partial charge in [-0.3, -0.25) is 4.79 Å². The largest absolute Gasteiger partial charge is 0.368 e. The molecule has 1 rings (SSSR count). The SMILES string of the molecule is CC(NCC1CCCN(C)C1)C(N)=O. The number of amides is 1. The topological polar surface area (TPSA) is 58.4 Å². The van der Waals surface area contributed by atoms with Crippen molar-refractivity contribution in [3.63, 3.8) is 0 Å². The van der Waals surface area contributed by atoms with E-state index in [-0.39, 0.29) is 11.9 Å². The molecule has 1 heterocycles. The summed E-state index contributed by atoms with van der Waals surface area (Å²) in [6.07, 6.45) is 2.51. The molecule has 0 radical (unpaired) electrons. The molecule has 1 fully saturated rings. The first-order valence-electron chi connectivity index (χ1n) is 5.31. The summed E-state index contributed by atoms with van der Waals surface area (Å²) in [6.45, 7) is 5.03. The van der Waals surface area contributed by atoms with Crippen LogP contribution >= 0.6 is 0 Å². The number of nitrogens with two attached hydrogens (primary N) is 1. The first-order chi connectivity index (χ1) is 6.59. The molecule has 14 heavy (non-hydrogen) atoms. The highest BCUT2D eigenvalue weighted by Crippen LogP contribution is 2.13. The molecule has 2 atom stereocenters. The number of carbonyl (C=O) groups is 1. The number of nitrogens with zero attached hydrogens (tertiary/aromatic N) is 1. The zero-order chi connectivity index (χ0) is 10.6. The van der Waals surface area contributed by atoms with Crippen LogP contribution in [0.2, 0.25) is 0 Å². The molecule has 1 amide bonds. The van der Waals surface area contributed by atoms with Crippen molar-refractivity contribution in [2.24, 2.45) is 11.7 Å². The van der Waals surface area contributed by atoms with Crippen molar-refractivity contribution in [3.8, 4) is 0 Å². The molecule has 4 heteroatoms. The highest BCUT2D eigenvalue weighted by molar-refractivity contribution is 5.79. The van der Waals surface area contributed by atoms with Crippen molar-refractivity contribution in [1.29, 1.82) is 0 Å². The minimum atomic E-state index is -0.269. The van der Waals surface area contributed by atoms with Gasteiger partial charge in [0.05, 0.1) is 6.04 Å². The number of likely N-dealkylation sites (tertiary alicyclic amines) is 1. The van der Waals surface area contributed by atoms with Gasteiger partial charge in [0.15, 0.2) is 0 Å². The molecule has 0 aromatic heterocycles. The number of hydrogen-bond acceptors (Lipinski definition) is 3. The van der Waals surface area contributed by atoms with Gasteiger partial charge in [-0.05, 0) is 45.8 Å². The Bertz CT molecular complexity index is 196. The lowest BCUT2D eigenvalue weighted by Crippen LogP contribution is -2.44. The van der Waals surface area contributed by atoms with Gasteiger partial charge >= 0.3 is 0 Å². The van der Waals surface area contributed by atoms with E-state index in [0.29, 0.717) is 5.92 Å². The van der Waals surface area contributed by atoms with E-state index in [9.17, 15) is 4.79 Å². The summed E-state index contributed by atoms with van der Waals surface area (Å²) in [5.74, 6) is 0.393. The Morgan fingerprint density at radius 2 is 2.43 bits per heavy atom. The third kappa shape index (κ3) is 3.64. The average Bonchev–Trinajstić information content (AvgIpc) is 2.14. The summed E-state index contributed by atoms with van der Waals surface area (Å²) >= 11 is 0. The smallest absolute Gasteiger partial charge is 0.234 e. The van der Waals surface area contributed by atoms with Crippen LogP contribution in [0.5, 0.6) is 0 Å². The van der Waals surface area contributed by atoms with Crippen molar-refractivity contribution in [2.75, 3.05) is 26.7 Å². The van der Waals surface area contributed by atoms with E-state index >= 15 is 0 Å². The second kappa shape index (κ2) is 5.32. The minimum Gasteiger partial charge on any atom is -0.368 e. The first-order valence-corrected chi connectivity index (χ1v) is 5.31. The number of rotatable bonds is 4. The van der Waals surface area contributed by atoms with Gasteiger partial charge in [0.1, 0.15) is 0 Å². The van der Waals surface area contributed by atoms with Gasteiger partial charge in [0, 0.05) is 6.54 Å². The number of piperidine rings is 1. The maximum atomic E-state index is 10.8. The molecule has 0 bridgehead atoms. The Morgan fingerprint density at radius 1 is 1.71 bits per heavy atom. The predicted molar refractivity (Wildman–Crippen MR) is 56.9 cm³/mol. The quantitative estimate of drug-likeness (QED) is 0.659. The van der Waals surface area contributed by atoms with Gasteiger partial charge in [-0.15, -0.1) is 0 Å². The summed E-state index contributed by atoms with van der Waals surface area (Å²) in [4.78, 5) is 13.1. The Kier molecular flexibility index (Phi) is 4.35. The van der Waals surface area contributed by atoms with Crippen molar-refractivity contribution < 1.29 is 4.79 Å². The fraction of sp³-hybridized carbons (Fsp3) is 0.900. The van der Waals surface area contributed by atoms with E-state index in [0.717, 1.165) is 13.1 Å². The van der Waals surface area contributed by atoms with Crippen LogP contribution < -0.4 is 11.1 Å². The standard InChI is InChI=1S/C10H21N3O/c1-8(10(11)14)12-6-9-4-3-5-13(2)7-9/h8-9,12H,3-7H2,1-2H3,(H2,11,14). The molecule has 0 aliphatic carbocycles. The Morgan fingerprint density at radius 3 is 3.00 bits per heavy atom. The number of hydrogen-bond donors (Lipinski definition) is 2. The van der Waals surface area contributed by atoms with Crippen LogP contribution in [0.4, 0.5) is 0 Å². The Balaban J connectivity index is 2.20. The van der Waals surface area contributed by atoms with Crippen molar-refractivity contribution in [2.45, 2.75) is 25.8 Å². The number of nitrogens with one attached hydrogen (secondary N) is 1. The highest BCUT2D eigenvalue weighted by atomic mass is 16.1. The molecule has 1 aliphatic rings. The van der Waals surface area contributed by atoms with E-state index < -0.39 is 0 Å². The van der Waals surface area contributed by atoms with E-state index in [1.165, 1.54) is 19.4 Å². The summed E-state index contributed by atoms with van der Waals surface area (Å²) in [5, 5.41) is 3.17. The second-order valence-corrected chi connectivity index (χ2v) is 4.30. The first kappa shape index (κ1) is 11.5. The molecule has 0 aromatic rings. The van der Waals surface area contributed by atoms with Gasteiger partial charge in [0.25, 0.3) is 0 Å². The molecule has 0 spiro atoms. The normalized spacial score (nSPS) is 26.0. The maximum Gasteiger partial charge on any atom is 0.234 e. The van der Waals surface area contributed by atoms with Crippen LogP contribution in [0, 0.1) is 5.92 Å². The Hall–Kier alpha value is -0.610. The minimum absolute atomic E-state index is 0.206. The fourth-order valence-corrected chi connectivity index (χ4v) is 1.88. The third-order valence-electron chi connectivity index (χ3n) is 2.86. The monoisotopic (exact) mass is 199 g/mol. The highest BCUT2D eigenvalue weighted by Gasteiger charge is 2.18. The van der Waals surface area contributed by atoms with E-state index in [2.05, 4.69) is 17.3 Å². The van der Waals surface area contributed by atoms with Gasteiger partial charge in [-0.2, -0.15) is 0 Å². The third-order valence-corrected chi connectivity index (χ3v) is 2.86. The molecule has 1 saturated heterocycles. The maximum absolute atomic E-state index is 10.8. The zero-order valence-electron chi connectivity index (χ0n) is 9.12. The molecule has 0 saturated carbocycles. The van der Waals surface area contributed by atoms with Crippen LogP contribution in [0.25, 0.3) is 0 Å². The molecule has 4 nitrogen and oxygen atoms in total. The lowest BCUT2D eigenvalue weighted by Gasteiger charge is -2.30. The van der Waals surface area contributed by atoms with Crippen molar-refractivity contribution >= 4 is 5.91 Å². The van der Waals surface area contributed by atoms with Gasteiger partial charge in [-0.1, -0.05) is 0 Å². The van der Waals surface area contributed by atoms with Crippen molar-refractivity contribution in [1.82, 2.24) is 10.2 Å². The predicted octanol–water partition coefficient (Wildman–Crippen LogP) is -0.208. The van der Waals surface area contributed by atoms with Crippen LogP contribution in [0.1, 0.15) is 19.8 Å².